The molecule has 2 aliphatic rings. The Morgan fingerprint density at radius 2 is 1.02 bits per heavy atom. The van der Waals surface area contributed by atoms with E-state index in [2.05, 4.69) is 42.2 Å². The number of halogens is 12. The molecule has 0 fully saturated rings. The third kappa shape index (κ3) is 11.0. The SMILES string of the molecule is COC(=O)c1cc(Br)c(C2=NOC(c3cc(Cl)cc(Cl)c3)(C(F)(F)F)C2)cc1C.Cc1cc(C2=NOC(c3cc(Cl)cc(Cl)c3)(C(F)(F)F)C2)c(Br)cc1C(=O)O.O.[K+].[OH-]. The number of esters is 1. The van der Waals surface area contributed by atoms with Crippen molar-refractivity contribution < 1.29 is 118 Å². The average molecular weight is 1080 g/mol. The summed E-state index contributed by atoms with van der Waals surface area (Å²) >= 11 is 30.1. The Kier molecular flexibility index (Phi) is 18.7. The minimum absolute atomic E-state index is 0. The van der Waals surface area contributed by atoms with E-state index in [1.807, 2.05) is 0 Å². The third-order valence-corrected chi connectivity index (χ3v) is 11.1. The van der Waals surface area contributed by atoms with E-state index in [1.165, 1.54) is 37.4 Å². The Hall–Kier alpha value is -1.98. The molecule has 0 radical (unpaired) electrons. The predicted molar refractivity (Wildman–Crippen MR) is 214 cm³/mol. The summed E-state index contributed by atoms with van der Waals surface area (Å²) in [5.74, 6) is -1.70. The fourth-order valence-corrected chi connectivity index (χ4v) is 8.23. The molecule has 2 heterocycles. The van der Waals surface area contributed by atoms with Gasteiger partial charge in [0.2, 0.25) is 0 Å². The number of carboxylic acids is 1. The number of carbonyl (C=O) groups excluding carboxylic acids is 1. The molecule has 2 atom stereocenters. The fraction of sp³-hybridized carbons (Fsp3) is 0.243. The number of aromatic carboxylic acids is 1. The van der Waals surface area contributed by atoms with Crippen LogP contribution >= 0.6 is 78.3 Å². The van der Waals surface area contributed by atoms with Gasteiger partial charge in [-0.2, -0.15) is 26.3 Å². The van der Waals surface area contributed by atoms with Gasteiger partial charge in [-0.1, -0.05) is 88.6 Å². The Morgan fingerprint density at radius 1 is 0.683 bits per heavy atom. The summed E-state index contributed by atoms with van der Waals surface area (Å²) in [4.78, 5) is 33.0. The quantitative estimate of drug-likeness (QED) is 0.114. The number of oxime groups is 2. The molecule has 0 aromatic heterocycles. The molecule has 10 nitrogen and oxygen atoms in total. The van der Waals surface area contributed by atoms with Crippen LogP contribution in [0.3, 0.4) is 0 Å². The number of ether oxygens (including phenoxy) is 1. The molecule has 4 aromatic rings. The first kappa shape index (κ1) is 54.2. The van der Waals surface area contributed by atoms with E-state index in [9.17, 15) is 41.0 Å². The third-order valence-electron chi connectivity index (χ3n) is 8.92. The monoisotopic (exact) mass is 1080 g/mol. The van der Waals surface area contributed by atoms with Crippen molar-refractivity contribution in [2.24, 2.45) is 10.3 Å². The Balaban J connectivity index is 0.000000394. The molecular weight excluding hydrogens is 1060 g/mol. The molecule has 60 heavy (non-hydrogen) atoms. The van der Waals surface area contributed by atoms with Crippen LogP contribution in [0.15, 0.2) is 79.9 Å². The van der Waals surface area contributed by atoms with Crippen molar-refractivity contribution in [3.8, 4) is 0 Å². The molecule has 2 unspecified atom stereocenters. The standard InChI is InChI=1S/C19H13BrCl2F3NO3.C18H11BrCl2F3NO3.K.2H2O/c1-9-3-14(15(20)7-13(9)17(27)28-2)16-8-18(29-26-16,19(23,24)25)10-4-11(21)6-12(22)5-10;1-8-2-13(14(19)6-12(8)16(26)27)15-7-17(28-25-15,18(22,23)24)9-3-10(20)5-11(21)4-9;;;/h3-7H,8H2,1-2H3;2-6H,7H2,1H3,(H,26,27);;2*1H2/q;;+1;;/p-1. The van der Waals surface area contributed by atoms with Gasteiger partial charge in [-0.3, -0.25) is 0 Å². The van der Waals surface area contributed by atoms with Crippen molar-refractivity contribution >= 4 is 102 Å². The number of nitrogens with zero attached hydrogens (tertiary/aromatic N) is 2. The van der Waals surface area contributed by atoms with Gasteiger partial charge >= 0.3 is 75.7 Å². The molecule has 0 aliphatic carbocycles. The maximum atomic E-state index is 14.1. The number of benzene rings is 4. The van der Waals surface area contributed by atoms with Crippen LogP contribution in [0.1, 0.15) is 66.9 Å². The zero-order chi connectivity index (χ0) is 42.4. The molecule has 0 saturated heterocycles. The van der Waals surface area contributed by atoms with Crippen LogP contribution in [0.25, 0.3) is 0 Å². The normalized spacial score (nSPS) is 18.2. The van der Waals surface area contributed by atoms with Crippen LogP contribution in [-0.2, 0) is 25.6 Å². The largest absolute Gasteiger partial charge is 1.00 e. The minimum atomic E-state index is -4.81. The van der Waals surface area contributed by atoms with E-state index in [4.69, 9.17) is 60.8 Å². The zero-order valence-corrected chi connectivity index (χ0v) is 40.4. The van der Waals surface area contributed by atoms with Crippen LogP contribution in [0.5, 0.6) is 0 Å². The molecule has 318 valence electrons. The Morgan fingerprint density at radius 3 is 1.33 bits per heavy atom. The smallest absolute Gasteiger partial charge is 0.870 e. The van der Waals surface area contributed by atoms with Gasteiger partial charge in [0.1, 0.15) is 0 Å². The molecule has 4 N–H and O–H groups in total. The number of methoxy groups -OCH3 is 1. The van der Waals surface area contributed by atoms with E-state index in [0.29, 0.717) is 31.2 Å². The van der Waals surface area contributed by atoms with E-state index in [0.717, 1.165) is 24.3 Å². The number of hydrogen-bond donors (Lipinski definition) is 1. The van der Waals surface area contributed by atoms with E-state index in [1.54, 1.807) is 19.9 Å². The summed E-state index contributed by atoms with van der Waals surface area (Å²) < 4.78 is 89.7. The summed E-state index contributed by atoms with van der Waals surface area (Å²) in [5.41, 5.74) is -4.05. The van der Waals surface area contributed by atoms with Crippen molar-refractivity contribution in [2.75, 3.05) is 7.11 Å². The number of carbonyl (C=O) groups is 2. The van der Waals surface area contributed by atoms with Gasteiger partial charge in [0.25, 0.3) is 11.2 Å². The first-order chi connectivity index (χ1) is 26.4. The number of aryl methyl sites for hydroxylation is 2. The van der Waals surface area contributed by atoms with Gasteiger partial charge in [0.05, 0.1) is 42.5 Å². The second kappa shape index (κ2) is 20.7. The van der Waals surface area contributed by atoms with E-state index < -0.39 is 48.3 Å². The molecule has 2 aliphatic heterocycles. The first-order valence-corrected chi connectivity index (χ1v) is 19.0. The van der Waals surface area contributed by atoms with Crippen molar-refractivity contribution in [1.82, 2.24) is 0 Å². The summed E-state index contributed by atoms with van der Waals surface area (Å²) in [5, 5.41) is 16.7. The molecule has 0 saturated carbocycles. The van der Waals surface area contributed by atoms with Crippen LogP contribution in [0.4, 0.5) is 26.3 Å². The summed E-state index contributed by atoms with van der Waals surface area (Å²) in [7, 11) is 1.24. The maximum Gasteiger partial charge on any atom is 1.00 e. The molecule has 0 amide bonds. The minimum Gasteiger partial charge on any atom is -0.870 e. The topological polar surface area (TPSA) is 168 Å². The fourth-order valence-electron chi connectivity index (χ4n) is 6.04. The summed E-state index contributed by atoms with van der Waals surface area (Å²) in [6, 6.07) is 13.0. The van der Waals surface area contributed by atoms with Crippen molar-refractivity contribution in [1.29, 1.82) is 0 Å². The van der Waals surface area contributed by atoms with Gasteiger partial charge in [0.15, 0.2) is 0 Å². The van der Waals surface area contributed by atoms with Crippen molar-refractivity contribution in [2.45, 2.75) is 50.2 Å². The molecule has 6 rings (SSSR count). The molecule has 4 aromatic carbocycles. The zero-order valence-electron chi connectivity index (χ0n) is 31.1. The molecule has 0 bridgehead atoms. The Bertz CT molecular complexity index is 2330. The Labute approximate surface area is 416 Å². The van der Waals surface area contributed by atoms with Crippen LogP contribution in [-0.4, -0.2) is 58.9 Å². The van der Waals surface area contributed by atoms with Gasteiger partial charge < -0.3 is 30.5 Å². The molecular formula is C37H27Br2Cl4F6KN2O8. The van der Waals surface area contributed by atoms with E-state index >= 15 is 0 Å². The van der Waals surface area contributed by atoms with Crippen LogP contribution in [0.2, 0.25) is 20.1 Å². The number of carboxylic acid groups (broad SMARTS) is 1. The molecule has 0 spiro atoms. The molecule has 23 heteroatoms. The summed E-state index contributed by atoms with van der Waals surface area (Å²) in [6.45, 7) is 3.19. The maximum absolute atomic E-state index is 14.1. The number of alkyl halides is 6. The average Bonchev–Trinajstić information content (AvgIpc) is 3.77. The van der Waals surface area contributed by atoms with E-state index in [-0.39, 0.29) is 116 Å². The number of rotatable bonds is 6. The van der Waals surface area contributed by atoms with Gasteiger partial charge in [-0.05, 0) is 85.6 Å². The van der Waals surface area contributed by atoms with Gasteiger partial charge in [-0.25, -0.2) is 9.59 Å². The second-order valence-corrected chi connectivity index (χ2v) is 16.1. The van der Waals surface area contributed by atoms with Crippen molar-refractivity contribution in [3.63, 3.8) is 0 Å². The first-order valence-electron chi connectivity index (χ1n) is 15.9. The van der Waals surface area contributed by atoms with Gasteiger partial charge in [-0.15, -0.1) is 0 Å². The number of hydrogen-bond acceptors (Lipinski definition) is 8. The predicted octanol–water partition coefficient (Wildman–Crippen LogP) is 8.78. The van der Waals surface area contributed by atoms with Crippen LogP contribution in [0, 0.1) is 13.8 Å². The second-order valence-electron chi connectivity index (χ2n) is 12.7. The van der Waals surface area contributed by atoms with Crippen molar-refractivity contribution in [3.05, 3.63) is 134 Å². The van der Waals surface area contributed by atoms with Crippen LogP contribution < -0.4 is 51.4 Å². The van der Waals surface area contributed by atoms with Gasteiger partial charge in [0, 0.05) is 51.3 Å². The summed E-state index contributed by atoms with van der Waals surface area (Å²) in [6.07, 6.45) is -10.8.